The van der Waals surface area contributed by atoms with E-state index >= 15 is 0 Å². The number of carbonyl (C=O) groups excluding carboxylic acids is 1. The minimum Gasteiger partial charge on any atom is -0.493 e. The zero-order chi connectivity index (χ0) is 18.8. The predicted octanol–water partition coefficient (Wildman–Crippen LogP) is 4.08. The van der Waals surface area contributed by atoms with E-state index in [2.05, 4.69) is 36.5 Å². The number of amides is 1. The first-order valence-electron chi connectivity index (χ1n) is 8.44. The van der Waals surface area contributed by atoms with Gasteiger partial charge in [0.15, 0.2) is 11.5 Å². The van der Waals surface area contributed by atoms with E-state index in [9.17, 15) is 4.79 Å². The summed E-state index contributed by atoms with van der Waals surface area (Å²) in [5.74, 6) is 3.05. The summed E-state index contributed by atoms with van der Waals surface area (Å²) >= 11 is 1.82. The Morgan fingerprint density at radius 1 is 1.12 bits per heavy atom. The lowest BCUT2D eigenvalue weighted by atomic mass is 10.1. The van der Waals surface area contributed by atoms with Gasteiger partial charge < -0.3 is 14.8 Å². The van der Waals surface area contributed by atoms with E-state index in [-0.39, 0.29) is 5.91 Å². The molecule has 0 spiro atoms. The van der Waals surface area contributed by atoms with Crippen LogP contribution in [0.15, 0.2) is 48.5 Å². The largest absolute Gasteiger partial charge is 0.493 e. The van der Waals surface area contributed by atoms with E-state index in [0.29, 0.717) is 18.0 Å². The quantitative estimate of drug-likeness (QED) is 0.533. The van der Waals surface area contributed by atoms with Crippen LogP contribution in [0.3, 0.4) is 0 Å². The van der Waals surface area contributed by atoms with Crippen molar-refractivity contribution < 1.29 is 14.3 Å². The van der Waals surface area contributed by atoms with Crippen molar-refractivity contribution in [1.29, 1.82) is 0 Å². The molecule has 5 heteroatoms. The molecule has 1 amide bonds. The molecule has 0 saturated heterocycles. The molecule has 4 nitrogen and oxygen atoms in total. The molecule has 0 aliphatic heterocycles. The van der Waals surface area contributed by atoms with E-state index < -0.39 is 0 Å². The number of hydrogen-bond acceptors (Lipinski definition) is 4. The Balaban J connectivity index is 1.73. The number of benzene rings is 2. The Morgan fingerprint density at radius 2 is 1.88 bits per heavy atom. The molecule has 0 saturated carbocycles. The van der Waals surface area contributed by atoms with Crippen molar-refractivity contribution in [2.24, 2.45) is 0 Å². The van der Waals surface area contributed by atoms with Gasteiger partial charge in [-0.25, -0.2) is 0 Å². The van der Waals surface area contributed by atoms with Crippen LogP contribution in [0, 0.1) is 6.92 Å². The Hall–Kier alpha value is -2.40. The Morgan fingerprint density at radius 3 is 2.62 bits per heavy atom. The molecular weight excluding hydrogens is 346 g/mol. The molecule has 1 N–H and O–H groups in total. The molecule has 2 aromatic carbocycles. The number of ether oxygens (including phenoxy) is 2. The molecule has 2 rings (SSSR count). The van der Waals surface area contributed by atoms with Gasteiger partial charge in [-0.1, -0.05) is 30.3 Å². The van der Waals surface area contributed by atoms with E-state index in [1.165, 1.54) is 17.2 Å². The Labute approximate surface area is 159 Å². The fourth-order valence-electron chi connectivity index (χ4n) is 2.39. The molecule has 138 valence electrons. The predicted molar refractivity (Wildman–Crippen MR) is 109 cm³/mol. The monoisotopic (exact) mass is 371 g/mol. The van der Waals surface area contributed by atoms with Crippen LogP contribution in [0.25, 0.3) is 6.08 Å². The van der Waals surface area contributed by atoms with Crippen molar-refractivity contribution in [3.63, 3.8) is 0 Å². The summed E-state index contributed by atoms with van der Waals surface area (Å²) in [5, 5.41) is 2.90. The third kappa shape index (κ3) is 6.15. The van der Waals surface area contributed by atoms with Crippen LogP contribution in [0.1, 0.15) is 16.7 Å². The van der Waals surface area contributed by atoms with Crippen LogP contribution in [0.5, 0.6) is 11.5 Å². The zero-order valence-electron chi connectivity index (χ0n) is 15.5. The number of hydrogen-bond donors (Lipinski definition) is 1. The third-order valence-corrected chi connectivity index (χ3v) is 4.91. The minimum absolute atomic E-state index is 0.101. The molecule has 2 aromatic rings. The lowest BCUT2D eigenvalue weighted by Gasteiger charge is -2.07. The number of thioether (sulfide) groups is 1. The Kier molecular flexibility index (Phi) is 8.09. The standard InChI is InChI=1S/C21H25NO3S/c1-16-6-4-5-7-18(16)15-26-13-12-22-21(23)11-9-17-8-10-19(24-2)20(14-17)25-3/h4-11,14H,12-13,15H2,1-3H3,(H,22,23)/b11-9+. The van der Waals surface area contributed by atoms with Crippen LogP contribution in [-0.4, -0.2) is 32.4 Å². The first-order valence-corrected chi connectivity index (χ1v) is 9.59. The fourth-order valence-corrected chi connectivity index (χ4v) is 3.32. The first kappa shape index (κ1) is 19.9. The summed E-state index contributed by atoms with van der Waals surface area (Å²) in [5.41, 5.74) is 3.53. The summed E-state index contributed by atoms with van der Waals surface area (Å²) in [7, 11) is 3.19. The van der Waals surface area contributed by atoms with Gasteiger partial charge >= 0.3 is 0 Å². The normalized spacial score (nSPS) is 10.7. The number of methoxy groups -OCH3 is 2. The van der Waals surface area contributed by atoms with Crippen molar-refractivity contribution >= 4 is 23.7 Å². The van der Waals surface area contributed by atoms with Crippen LogP contribution >= 0.6 is 11.8 Å². The number of aryl methyl sites for hydroxylation is 1. The van der Waals surface area contributed by atoms with Gasteiger partial charge in [0.25, 0.3) is 0 Å². The van der Waals surface area contributed by atoms with Gasteiger partial charge in [0.05, 0.1) is 14.2 Å². The second-order valence-corrected chi connectivity index (χ2v) is 6.82. The molecule has 26 heavy (non-hydrogen) atoms. The van der Waals surface area contributed by atoms with Gasteiger partial charge in [0.1, 0.15) is 0 Å². The van der Waals surface area contributed by atoms with Gasteiger partial charge in [-0.3, -0.25) is 4.79 Å². The average molecular weight is 372 g/mol. The van der Waals surface area contributed by atoms with Crippen LogP contribution in [0.4, 0.5) is 0 Å². The topological polar surface area (TPSA) is 47.6 Å². The minimum atomic E-state index is -0.101. The molecule has 0 bridgehead atoms. The summed E-state index contributed by atoms with van der Waals surface area (Å²) in [6.45, 7) is 2.77. The molecule has 0 aliphatic rings. The van der Waals surface area contributed by atoms with Crippen molar-refractivity contribution in [2.45, 2.75) is 12.7 Å². The van der Waals surface area contributed by atoms with E-state index in [0.717, 1.165) is 17.1 Å². The van der Waals surface area contributed by atoms with Crippen molar-refractivity contribution in [3.05, 3.63) is 65.2 Å². The summed E-state index contributed by atoms with van der Waals surface area (Å²) in [4.78, 5) is 11.9. The van der Waals surface area contributed by atoms with E-state index in [1.807, 2.05) is 30.0 Å². The second-order valence-electron chi connectivity index (χ2n) is 5.72. The maximum absolute atomic E-state index is 11.9. The van der Waals surface area contributed by atoms with Crippen molar-refractivity contribution in [1.82, 2.24) is 5.32 Å². The van der Waals surface area contributed by atoms with Gasteiger partial charge in [0, 0.05) is 24.1 Å². The maximum Gasteiger partial charge on any atom is 0.244 e. The third-order valence-electron chi connectivity index (χ3n) is 3.90. The highest BCUT2D eigenvalue weighted by Gasteiger charge is 2.03. The average Bonchev–Trinajstić information content (AvgIpc) is 2.67. The highest BCUT2D eigenvalue weighted by molar-refractivity contribution is 7.98. The summed E-state index contributed by atoms with van der Waals surface area (Å²) in [6.07, 6.45) is 3.30. The van der Waals surface area contributed by atoms with Gasteiger partial charge in [0.2, 0.25) is 5.91 Å². The van der Waals surface area contributed by atoms with Gasteiger partial charge in [-0.2, -0.15) is 11.8 Å². The molecule has 0 fully saturated rings. The molecule has 0 aliphatic carbocycles. The lowest BCUT2D eigenvalue weighted by molar-refractivity contribution is -0.116. The van der Waals surface area contributed by atoms with Crippen LogP contribution < -0.4 is 14.8 Å². The van der Waals surface area contributed by atoms with E-state index in [1.54, 1.807) is 20.3 Å². The summed E-state index contributed by atoms with van der Waals surface area (Å²) in [6, 6.07) is 13.9. The zero-order valence-corrected chi connectivity index (χ0v) is 16.3. The molecule has 0 aromatic heterocycles. The van der Waals surface area contributed by atoms with Gasteiger partial charge in [-0.05, 0) is 41.8 Å². The highest BCUT2D eigenvalue weighted by atomic mass is 32.2. The molecular formula is C21H25NO3S. The van der Waals surface area contributed by atoms with Gasteiger partial charge in [-0.15, -0.1) is 0 Å². The van der Waals surface area contributed by atoms with E-state index in [4.69, 9.17) is 9.47 Å². The smallest absolute Gasteiger partial charge is 0.244 e. The SMILES string of the molecule is COc1ccc(/C=C/C(=O)NCCSCc2ccccc2C)cc1OC. The summed E-state index contributed by atoms with van der Waals surface area (Å²) < 4.78 is 10.5. The molecule has 0 radical (unpaired) electrons. The maximum atomic E-state index is 11.9. The highest BCUT2D eigenvalue weighted by Crippen LogP contribution is 2.27. The van der Waals surface area contributed by atoms with Crippen LogP contribution in [0.2, 0.25) is 0 Å². The molecule has 0 atom stereocenters. The lowest BCUT2D eigenvalue weighted by Crippen LogP contribution is -2.23. The first-order chi connectivity index (χ1) is 12.6. The fraction of sp³-hybridized carbons (Fsp3) is 0.286. The number of nitrogens with one attached hydrogen (secondary N) is 1. The van der Waals surface area contributed by atoms with Crippen LogP contribution in [-0.2, 0) is 10.5 Å². The number of carbonyl (C=O) groups is 1. The number of rotatable bonds is 9. The second kappa shape index (κ2) is 10.6. The molecule has 0 unspecified atom stereocenters. The Bertz CT molecular complexity index is 759. The van der Waals surface area contributed by atoms with Crippen molar-refractivity contribution in [3.8, 4) is 11.5 Å². The van der Waals surface area contributed by atoms with Crippen molar-refractivity contribution in [2.75, 3.05) is 26.5 Å². The molecule has 0 heterocycles.